The molecule has 2 unspecified atom stereocenters. The Labute approximate surface area is 163 Å². The Bertz CT molecular complexity index is 528. The summed E-state index contributed by atoms with van der Waals surface area (Å²) in [5.74, 6) is 6.61. The predicted molar refractivity (Wildman–Crippen MR) is 108 cm³/mol. The van der Waals surface area contributed by atoms with Gasteiger partial charge in [0.2, 0.25) is 0 Å². The van der Waals surface area contributed by atoms with E-state index in [0.717, 1.165) is 47.0 Å². The van der Waals surface area contributed by atoms with Crippen molar-refractivity contribution in [3.05, 3.63) is 0 Å². The van der Waals surface area contributed by atoms with Crippen LogP contribution in [0.25, 0.3) is 0 Å². The SMILES string of the molecule is O=S(CCS(=O)C12CC3CC(CC(C3)C1)C2)C12CC3CC(CC(C3)C1)C2. The molecule has 26 heavy (non-hydrogen) atoms. The van der Waals surface area contributed by atoms with Gasteiger partial charge in [-0.25, -0.2) is 0 Å². The summed E-state index contributed by atoms with van der Waals surface area (Å²) >= 11 is 0. The molecule has 0 aliphatic heterocycles. The molecule has 2 atom stereocenters. The van der Waals surface area contributed by atoms with Crippen molar-refractivity contribution in [1.29, 1.82) is 0 Å². The minimum Gasteiger partial charge on any atom is -0.259 e. The van der Waals surface area contributed by atoms with Crippen LogP contribution in [0.1, 0.15) is 77.0 Å². The molecule has 8 bridgehead atoms. The quantitative estimate of drug-likeness (QED) is 0.692. The van der Waals surface area contributed by atoms with Gasteiger partial charge < -0.3 is 0 Å². The molecule has 0 spiro atoms. The number of hydrogen-bond donors (Lipinski definition) is 0. The van der Waals surface area contributed by atoms with Crippen LogP contribution in [0.3, 0.4) is 0 Å². The standard InChI is InChI=1S/C22H34O2S2/c23-25(21-9-15-3-16(10-21)5-17(4-15)11-21)1-2-26(24)22-12-18-6-19(13-22)8-20(7-18)14-22/h15-20H,1-14H2. The lowest BCUT2D eigenvalue weighted by Crippen LogP contribution is -2.55. The zero-order valence-corrected chi connectivity index (χ0v) is 17.6. The maximum absolute atomic E-state index is 13.4. The Kier molecular flexibility index (Phi) is 3.90. The molecular formula is C22H34O2S2. The second kappa shape index (κ2) is 5.90. The van der Waals surface area contributed by atoms with E-state index in [2.05, 4.69) is 0 Å². The normalized spacial score (nSPS) is 56.0. The van der Waals surface area contributed by atoms with Crippen molar-refractivity contribution in [2.24, 2.45) is 35.5 Å². The molecule has 2 nitrogen and oxygen atoms in total. The molecule has 0 aromatic rings. The summed E-state index contributed by atoms with van der Waals surface area (Å²) in [6.07, 6.45) is 15.8. The fourth-order valence-corrected chi connectivity index (χ4v) is 13.8. The summed E-state index contributed by atoms with van der Waals surface area (Å²) in [7, 11) is -1.50. The zero-order valence-electron chi connectivity index (χ0n) is 16.0. The molecule has 0 heterocycles. The molecule has 0 radical (unpaired) electrons. The smallest absolute Gasteiger partial charge is 0.0467 e. The fraction of sp³-hybridized carbons (Fsp3) is 1.00. The first kappa shape index (κ1) is 17.2. The summed E-state index contributed by atoms with van der Waals surface area (Å²) < 4.78 is 27.1. The van der Waals surface area contributed by atoms with Crippen molar-refractivity contribution in [1.82, 2.24) is 0 Å². The van der Waals surface area contributed by atoms with Gasteiger partial charge in [-0.15, -0.1) is 0 Å². The lowest BCUT2D eigenvalue weighted by atomic mass is 9.56. The molecule has 8 aliphatic rings. The van der Waals surface area contributed by atoms with Gasteiger partial charge in [0.05, 0.1) is 0 Å². The van der Waals surface area contributed by atoms with E-state index in [9.17, 15) is 8.42 Å². The zero-order chi connectivity index (χ0) is 17.5. The van der Waals surface area contributed by atoms with Crippen LogP contribution in [0, 0.1) is 35.5 Å². The first-order chi connectivity index (χ1) is 12.5. The van der Waals surface area contributed by atoms with E-state index in [1.807, 2.05) is 0 Å². The maximum Gasteiger partial charge on any atom is 0.0467 e. The van der Waals surface area contributed by atoms with E-state index in [4.69, 9.17) is 0 Å². The lowest BCUT2D eigenvalue weighted by Gasteiger charge is -2.56. The molecule has 146 valence electrons. The topological polar surface area (TPSA) is 34.1 Å². The monoisotopic (exact) mass is 394 g/mol. The van der Waals surface area contributed by atoms with E-state index in [-0.39, 0.29) is 9.49 Å². The van der Waals surface area contributed by atoms with E-state index in [1.165, 1.54) is 77.0 Å². The highest BCUT2D eigenvalue weighted by atomic mass is 32.2. The van der Waals surface area contributed by atoms with E-state index in [0.29, 0.717) is 0 Å². The van der Waals surface area contributed by atoms with Gasteiger partial charge >= 0.3 is 0 Å². The van der Waals surface area contributed by atoms with Crippen molar-refractivity contribution in [3.63, 3.8) is 0 Å². The van der Waals surface area contributed by atoms with Gasteiger partial charge in [-0.1, -0.05) is 0 Å². The molecule has 0 amide bonds. The Morgan fingerprint density at radius 3 is 0.962 bits per heavy atom. The molecule has 0 saturated heterocycles. The van der Waals surface area contributed by atoms with Gasteiger partial charge in [0.1, 0.15) is 0 Å². The molecule has 0 aromatic heterocycles. The second-order valence-electron chi connectivity index (χ2n) is 11.3. The van der Waals surface area contributed by atoms with Crippen LogP contribution in [-0.4, -0.2) is 29.4 Å². The first-order valence-electron chi connectivity index (χ1n) is 11.3. The average molecular weight is 395 g/mol. The van der Waals surface area contributed by atoms with Crippen LogP contribution in [-0.2, 0) is 21.6 Å². The van der Waals surface area contributed by atoms with E-state index < -0.39 is 21.6 Å². The van der Waals surface area contributed by atoms with Gasteiger partial charge in [0.15, 0.2) is 0 Å². The van der Waals surface area contributed by atoms with E-state index >= 15 is 0 Å². The van der Waals surface area contributed by atoms with Crippen LogP contribution in [0.2, 0.25) is 0 Å². The second-order valence-corrected chi connectivity index (χ2v) is 15.2. The van der Waals surface area contributed by atoms with Gasteiger partial charge in [-0.3, -0.25) is 8.42 Å². The molecule has 8 aliphatic carbocycles. The minimum absolute atomic E-state index is 0.125. The molecule has 0 N–H and O–H groups in total. The van der Waals surface area contributed by atoms with E-state index in [1.54, 1.807) is 0 Å². The summed E-state index contributed by atoms with van der Waals surface area (Å²) in [6.45, 7) is 0. The molecular weight excluding hydrogens is 360 g/mol. The molecule has 8 saturated carbocycles. The maximum atomic E-state index is 13.4. The number of hydrogen-bond acceptors (Lipinski definition) is 2. The highest BCUT2D eigenvalue weighted by molar-refractivity contribution is 7.90. The van der Waals surface area contributed by atoms with Gasteiger partial charge in [0, 0.05) is 42.6 Å². The van der Waals surface area contributed by atoms with Gasteiger partial charge in [-0.05, 0) is 113 Å². The van der Waals surface area contributed by atoms with Crippen LogP contribution in [0.5, 0.6) is 0 Å². The minimum atomic E-state index is -0.751. The Hall–Kier alpha value is 0.300. The van der Waals surface area contributed by atoms with Crippen LogP contribution in [0.15, 0.2) is 0 Å². The van der Waals surface area contributed by atoms with Crippen molar-refractivity contribution < 1.29 is 8.42 Å². The third kappa shape index (κ3) is 2.60. The van der Waals surface area contributed by atoms with Gasteiger partial charge in [0.25, 0.3) is 0 Å². The molecule has 8 rings (SSSR count). The van der Waals surface area contributed by atoms with Crippen LogP contribution < -0.4 is 0 Å². The van der Waals surface area contributed by atoms with Crippen molar-refractivity contribution in [2.45, 2.75) is 86.5 Å². The summed E-state index contributed by atoms with van der Waals surface area (Å²) in [5, 5.41) is 0. The average Bonchev–Trinajstić information content (AvgIpc) is 2.57. The number of rotatable bonds is 5. The Morgan fingerprint density at radius 1 is 0.500 bits per heavy atom. The van der Waals surface area contributed by atoms with Crippen molar-refractivity contribution in [2.75, 3.05) is 11.5 Å². The van der Waals surface area contributed by atoms with Gasteiger partial charge in [-0.2, -0.15) is 0 Å². The predicted octanol–water partition coefficient (Wildman–Crippen LogP) is 4.42. The molecule has 0 aromatic carbocycles. The Morgan fingerprint density at radius 2 is 0.731 bits per heavy atom. The van der Waals surface area contributed by atoms with Crippen molar-refractivity contribution >= 4 is 21.6 Å². The van der Waals surface area contributed by atoms with Crippen molar-refractivity contribution in [3.8, 4) is 0 Å². The third-order valence-electron chi connectivity index (χ3n) is 9.38. The molecule has 4 heteroatoms. The third-order valence-corrected chi connectivity index (χ3v) is 13.7. The largest absolute Gasteiger partial charge is 0.259 e. The summed E-state index contributed by atoms with van der Waals surface area (Å²) in [4.78, 5) is 0. The van der Waals surface area contributed by atoms with Crippen LogP contribution >= 0.6 is 0 Å². The lowest BCUT2D eigenvalue weighted by molar-refractivity contribution is 0.0356. The molecule has 8 fully saturated rings. The fourth-order valence-electron chi connectivity index (χ4n) is 9.20. The summed E-state index contributed by atoms with van der Waals surface area (Å²) in [5.41, 5.74) is 0. The highest BCUT2D eigenvalue weighted by Gasteiger charge is 2.55. The first-order valence-corrected chi connectivity index (χ1v) is 13.9. The van der Waals surface area contributed by atoms with Crippen LogP contribution in [0.4, 0.5) is 0 Å². The Balaban J connectivity index is 1.14. The summed E-state index contributed by atoms with van der Waals surface area (Å²) in [6, 6.07) is 0. The highest BCUT2D eigenvalue weighted by Crippen LogP contribution is 2.59.